The van der Waals surface area contributed by atoms with Crippen LogP contribution in [0.15, 0.2) is 0 Å². The van der Waals surface area contributed by atoms with Crippen LogP contribution in [0.5, 0.6) is 0 Å². The van der Waals surface area contributed by atoms with Crippen molar-refractivity contribution in [2.24, 2.45) is 5.41 Å². The number of carbonyl (C=O) groups is 2. The van der Waals surface area contributed by atoms with E-state index in [1.165, 1.54) is 12.8 Å². The first kappa shape index (κ1) is 15.8. The topological polar surface area (TPSA) is 69.6 Å². The van der Waals surface area contributed by atoms with Crippen molar-refractivity contribution in [3.05, 3.63) is 0 Å². The van der Waals surface area contributed by atoms with Crippen molar-refractivity contribution in [3.8, 4) is 0 Å². The Labute approximate surface area is 115 Å². The van der Waals surface area contributed by atoms with E-state index in [1.54, 1.807) is 13.8 Å². The minimum Gasteiger partial charge on any atom is -0.481 e. The lowest BCUT2D eigenvalue weighted by Gasteiger charge is -2.30. The molecular formula is C14H26N2O3. The molecule has 0 aromatic rings. The van der Waals surface area contributed by atoms with Crippen LogP contribution in [-0.2, 0) is 4.79 Å². The molecule has 110 valence electrons. The molecule has 1 rings (SSSR count). The number of carbonyl (C=O) groups excluding carboxylic acids is 1. The molecule has 1 aliphatic heterocycles. The summed E-state index contributed by atoms with van der Waals surface area (Å²) in [7, 11) is 0. The fourth-order valence-corrected chi connectivity index (χ4v) is 2.34. The van der Waals surface area contributed by atoms with E-state index in [4.69, 9.17) is 5.11 Å². The van der Waals surface area contributed by atoms with Crippen LogP contribution in [0.4, 0.5) is 4.79 Å². The molecule has 1 saturated heterocycles. The highest BCUT2D eigenvalue weighted by Crippen LogP contribution is 2.20. The van der Waals surface area contributed by atoms with Crippen LogP contribution in [0.3, 0.4) is 0 Å². The zero-order valence-electron chi connectivity index (χ0n) is 12.2. The van der Waals surface area contributed by atoms with E-state index in [9.17, 15) is 9.59 Å². The van der Waals surface area contributed by atoms with Gasteiger partial charge in [-0.2, -0.15) is 0 Å². The van der Waals surface area contributed by atoms with Crippen LogP contribution in [-0.4, -0.2) is 41.1 Å². The van der Waals surface area contributed by atoms with E-state index < -0.39 is 11.4 Å². The van der Waals surface area contributed by atoms with Gasteiger partial charge in [0.1, 0.15) is 0 Å². The van der Waals surface area contributed by atoms with E-state index in [1.807, 2.05) is 4.90 Å². The van der Waals surface area contributed by atoms with Gasteiger partial charge in [0, 0.05) is 19.1 Å². The van der Waals surface area contributed by atoms with E-state index >= 15 is 0 Å². The molecule has 5 nitrogen and oxygen atoms in total. The zero-order chi connectivity index (χ0) is 14.5. The van der Waals surface area contributed by atoms with Crippen molar-refractivity contribution >= 4 is 12.0 Å². The number of amides is 2. The van der Waals surface area contributed by atoms with Crippen molar-refractivity contribution in [2.75, 3.05) is 13.1 Å². The Balaban J connectivity index is 2.57. The van der Waals surface area contributed by atoms with Crippen molar-refractivity contribution in [2.45, 2.75) is 58.9 Å². The van der Waals surface area contributed by atoms with E-state index in [0.29, 0.717) is 0 Å². The fraction of sp³-hybridized carbons (Fsp3) is 0.857. The second kappa shape index (κ2) is 6.78. The van der Waals surface area contributed by atoms with Crippen molar-refractivity contribution in [1.82, 2.24) is 10.2 Å². The van der Waals surface area contributed by atoms with Gasteiger partial charge in [0.2, 0.25) is 0 Å². The van der Waals surface area contributed by atoms with E-state index in [0.717, 1.165) is 25.8 Å². The summed E-state index contributed by atoms with van der Waals surface area (Å²) < 4.78 is 0. The van der Waals surface area contributed by atoms with Gasteiger partial charge in [-0.15, -0.1) is 0 Å². The lowest BCUT2D eigenvalue weighted by molar-refractivity contribution is -0.146. The Hall–Kier alpha value is -1.26. The van der Waals surface area contributed by atoms with Gasteiger partial charge < -0.3 is 15.3 Å². The third-order valence-corrected chi connectivity index (χ3v) is 3.87. The molecule has 2 amide bonds. The van der Waals surface area contributed by atoms with Crippen molar-refractivity contribution < 1.29 is 14.7 Å². The maximum Gasteiger partial charge on any atom is 0.317 e. The Morgan fingerprint density at radius 1 is 1.32 bits per heavy atom. The predicted octanol–water partition coefficient (Wildman–Crippen LogP) is 2.46. The highest BCUT2D eigenvalue weighted by Gasteiger charge is 2.30. The predicted molar refractivity (Wildman–Crippen MR) is 74.1 cm³/mol. The summed E-state index contributed by atoms with van der Waals surface area (Å²) in [5.41, 5.74) is -0.927. The second-order valence-electron chi connectivity index (χ2n) is 5.95. The highest BCUT2D eigenvalue weighted by atomic mass is 16.4. The molecule has 5 heteroatoms. The number of nitrogens with one attached hydrogen (secondary N) is 1. The molecule has 19 heavy (non-hydrogen) atoms. The maximum atomic E-state index is 12.2. The van der Waals surface area contributed by atoms with Crippen LogP contribution < -0.4 is 5.32 Å². The molecule has 1 atom stereocenters. The van der Waals surface area contributed by atoms with Crippen LogP contribution in [0.1, 0.15) is 52.9 Å². The van der Waals surface area contributed by atoms with E-state index in [2.05, 4.69) is 12.2 Å². The minimum absolute atomic E-state index is 0.122. The molecule has 1 aliphatic rings. The molecule has 0 aromatic heterocycles. The standard InChI is InChI=1S/C14H26N2O3/c1-4-11-8-6-5-7-9-16(11)13(19)15-10-14(2,3)12(17)18/h11H,4-10H2,1-3H3,(H,15,19)(H,17,18). The van der Waals surface area contributed by atoms with Gasteiger partial charge in [0.05, 0.1) is 5.41 Å². The first-order chi connectivity index (χ1) is 8.88. The third-order valence-electron chi connectivity index (χ3n) is 3.87. The molecular weight excluding hydrogens is 244 g/mol. The van der Waals surface area contributed by atoms with Crippen LogP contribution in [0, 0.1) is 5.41 Å². The van der Waals surface area contributed by atoms with Gasteiger partial charge in [-0.1, -0.05) is 19.8 Å². The van der Waals surface area contributed by atoms with Gasteiger partial charge >= 0.3 is 12.0 Å². The maximum absolute atomic E-state index is 12.2. The number of hydrogen-bond acceptors (Lipinski definition) is 2. The number of nitrogens with zero attached hydrogens (tertiary/aromatic N) is 1. The molecule has 0 bridgehead atoms. The quantitative estimate of drug-likeness (QED) is 0.824. The summed E-state index contributed by atoms with van der Waals surface area (Å²) in [6.07, 6.45) is 5.37. The van der Waals surface area contributed by atoms with Gasteiger partial charge in [0.15, 0.2) is 0 Å². The summed E-state index contributed by atoms with van der Waals surface area (Å²) in [6, 6.07) is 0.165. The Bertz CT molecular complexity index is 329. The second-order valence-corrected chi connectivity index (χ2v) is 5.95. The lowest BCUT2D eigenvalue weighted by Crippen LogP contribution is -2.49. The Kier molecular flexibility index (Phi) is 5.63. The summed E-state index contributed by atoms with van der Waals surface area (Å²) in [6.45, 7) is 6.27. The molecule has 2 N–H and O–H groups in total. The number of carboxylic acids is 1. The molecule has 0 aliphatic carbocycles. The molecule has 0 aromatic carbocycles. The number of hydrogen-bond donors (Lipinski definition) is 2. The molecule has 0 saturated carbocycles. The fourth-order valence-electron chi connectivity index (χ4n) is 2.34. The van der Waals surface area contributed by atoms with Crippen molar-refractivity contribution in [3.63, 3.8) is 0 Å². The average molecular weight is 270 g/mol. The zero-order valence-corrected chi connectivity index (χ0v) is 12.2. The summed E-state index contributed by atoms with van der Waals surface area (Å²) >= 11 is 0. The van der Waals surface area contributed by atoms with E-state index in [-0.39, 0.29) is 18.6 Å². The summed E-state index contributed by atoms with van der Waals surface area (Å²) in [5.74, 6) is -0.893. The number of aliphatic carboxylic acids is 1. The van der Waals surface area contributed by atoms with Gasteiger partial charge in [-0.25, -0.2) is 4.79 Å². The van der Waals surface area contributed by atoms with Crippen LogP contribution in [0.2, 0.25) is 0 Å². The summed E-state index contributed by atoms with van der Waals surface area (Å²) in [4.78, 5) is 25.1. The third kappa shape index (κ3) is 4.40. The first-order valence-electron chi connectivity index (χ1n) is 7.16. The van der Waals surface area contributed by atoms with Crippen LogP contribution in [0.25, 0.3) is 0 Å². The number of carboxylic acid groups (broad SMARTS) is 1. The Morgan fingerprint density at radius 2 is 2.00 bits per heavy atom. The number of urea groups is 1. The molecule has 0 radical (unpaired) electrons. The molecule has 1 heterocycles. The normalized spacial score (nSPS) is 20.8. The monoisotopic (exact) mass is 270 g/mol. The average Bonchev–Trinajstić information content (AvgIpc) is 2.60. The van der Waals surface area contributed by atoms with Crippen molar-refractivity contribution in [1.29, 1.82) is 0 Å². The SMILES string of the molecule is CCC1CCCCCN1C(=O)NCC(C)(C)C(=O)O. The highest BCUT2D eigenvalue weighted by molar-refractivity contribution is 5.77. The van der Waals surface area contributed by atoms with Gasteiger partial charge in [-0.3, -0.25) is 4.79 Å². The molecule has 1 fully saturated rings. The molecule has 1 unspecified atom stereocenters. The molecule has 0 spiro atoms. The van der Waals surface area contributed by atoms with Crippen LogP contribution >= 0.6 is 0 Å². The lowest BCUT2D eigenvalue weighted by atomic mass is 9.94. The summed E-state index contributed by atoms with van der Waals surface area (Å²) in [5, 5.41) is 11.8. The smallest absolute Gasteiger partial charge is 0.317 e. The van der Waals surface area contributed by atoms with Gasteiger partial charge in [-0.05, 0) is 33.1 Å². The minimum atomic E-state index is -0.927. The van der Waals surface area contributed by atoms with Gasteiger partial charge in [0.25, 0.3) is 0 Å². The first-order valence-corrected chi connectivity index (χ1v) is 7.16. The Morgan fingerprint density at radius 3 is 2.58 bits per heavy atom. The largest absolute Gasteiger partial charge is 0.481 e. The number of likely N-dealkylation sites (tertiary alicyclic amines) is 1. The number of rotatable bonds is 4.